The van der Waals surface area contributed by atoms with E-state index in [4.69, 9.17) is 0 Å². The molecule has 2 heteroatoms. The number of phenols is 2. The average molecular weight is 286 g/mol. The van der Waals surface area contributed by atoms with Crippen LogP contribution in [-0.4, -0.2) is 10.2 Å². The van der Waals surface area contributed by atoms with Gasteiger partial charge in [0.15, 0.2) is 0 Å². The van der Waals surface area contributed by atoms with Crippen LogP contribution in [0.2, 0.25) is 0 Å². The van der Waals surface area contributed by atoms with Crippen molar-refractivity contribution in [2.24, 2.45) is 5.92 Å². The number of hydrogen-bond donors (Lipinski definition) is 2. The first-order valence-corrected chi connectivity index (χ1v) is 7.73. The number of aromatic hydroxyl groups is 2. The molecule has 0 saturated carbocycles. The molecule has 2 nitrogen and oxygen atoms in total. The van der Waals surface area contributed by atoms with Crippen LogP contribution >= 0.6 is 0 Å². The van der Waals surface area contributed by atoms with Gasteiger partial charge in [-0.1, -0.05) is 30.7 Å². The molecule has 1 aromatic carbocycles. The summed E-state index contributed by atoms with van der Waals surface area (Å²) in [6.07, 6.45) is 5.07. The zero-order chi connectivity index (χ0) is 15.7. The molecule has 1 aliphatic carbocycles. The zero-order valence-corrected chi connectivity index (χ0v) is 13.5. The minimum Gasteiger partial charge on any atom is -0.507 e. The Hall–Kier alpha value is -1.70. The molecule has 0 radical (unpaired) electrons. The maximum atomic E-state index is 10.6. The van der Waals surface area contributed by atoms with Crippen molar-refractivity contribution < 1.29 is 10.2 Å². The van der Waals surface area contributed by atoms with Gasteiger partial charge in [0.2, 0.25) is 0 Å². The van der Waals surface area contributed by atoms with Gasteiger partial charge in [0.1, 0.15) is 11.5 Å². The molecule has 2 N–H and O–H groups in total. The van der Waals surface area contributed by atoms with Crippen molar-refractivity contribution in [1.29, 1.82) is 0 Å². The Labute approximate surface area is 127 Å². The number of aryl methyl sites for hydroxylation is 1. The standard InChI is InChI=1S/C19H26O2/c1-6-14-10-17(20)18(19(21)13(14)5)16-9-12(4)7-8-15(16)11(2)3/h9-10,15-16,20-21H,2,6-8H2,1,3-5H3/t15-,16+/m1/s1. The molecular formula is C19H26O2. The molecule has 0 saturated heterocycles. The SMILES string of the molecule is C=C(C)[C@H]1CCC(C)=C[C@@H]1c1c(O)cc(CC)c(C)c1O. The number of allylic oxidation sites excluding steroid dienone is 3. The number of benzene rings is 1. The van der Waals surface area contributed by atoms with E-state index in [1.54, 1.807) is 6.07 Å². The van der Waals surface area contributed by atoms with Gasteiger partial charge in [-0.3, -0.25) is 0 Å². The second-order valence-electron chi connectivity index (χ2n) is 6.33. The summed E-state index contributed by atoms with van der Waals surface area (Å²) in [5, 5.41) is 21.1. The highest BCUT2D eigenvalue weighted by atomic mass is 16.3. The highest BCUT2D eigenvalue weighted by molar-refractivity contribution is 5.56. The topological polar surface area (TPSA) is 40.5 Å². The summed E-state index contributed by atoms with van der Waals surface area (Å²) in [7, 11) is 0. The van der Waals surface area contributed by atoms with E-state index >= 15 is 0 Å². The lowest BCUT2D eigenvalue weighted by Crippen LogP contribution is -2.17. The maximum absolute atomic E-state index is 10.6. The van der Waals surface area contributed by atoms with Crippen molar-refractivity contribution in [2.75, 3.05) is 0 Å². The lowest BCUT2D eigenvalue weighted by molar-refractivity contribution is 0.404. The van der Waals surface area contributed by atoms with Gasteiger partial charge >= 0.3 is 0 Å². The molecule has 0 bridgehead atoms. The number of hydrogen-bond acceptors (Lipinski definition) is 2. The van der Waals surface area contributed by atoms with Crippen LogP contribution in [-0.2, 0) is 6.42 Å². The van der Waals surface area contributed by atoms with E-state index in [9.17, 15) is 10.2 Å². The number of rotatable bonds is 3. The second kappa shape index (κ2) is 5.97. The van der Waals surface area contributed by atoms with Crippen LogP contribution in [0.1, 0.15) is 56.2 Å². The smallest absolute Gasteiger partial charge is 0.126 e. The van der Waals surface area contributed by atoms with E-state index < -0.39 is 0 Å². The third-order valence-electron chi connectivity index (χ3n) is 4.77. The zero-order valence-electron chi connectivity index (χ0n) is 13.5. The Bertz CT molecular complexity index is 596. The fraction of sp³-hybridized carbons (Fsp3) is 0.474. The van der Waals surface area contributed by atoms with Gasteiger partial charge in [0.25, 0.3) is 0 Å². The van der Waals surface area contributed by atoms with Crippen molar-refractivity contribution in [3.8, 4) is 11.5 Å². The Morgan fingerprint density at radius 1 is 1.33 bits per heavy atom. The van der Waals surface area contributed by atoms with E-state index in [1.165, 1.54) is 5.57 Å². The average Bonchev–Trinajstić information content (AvgIpc) is 2.42. The molecular weight excluding hydrogens is 260 g/mol. The minimum absolute atomic E-state index is 0.0147. The summed E-state index contributed by atoms with van der Waals surface area (Å²) in [5.41, 5.74) is 4.96. The van der Waals surface area contributed by atoms with Crippen LogP contribution in [0.4, 0.5) is 0 Å². The number of phenolic OH excluding ortho intramolecular Hbond substituents is 2. The van der Waals surface area contributed by atoms with E-state index in [2.05, 4.69) is 19.6 Å². The van der Waals surface area contributed by atoms with Crippen LogP contribution < -0.4 is 0 Å². The van der Waals surface area contributed by atoms with Gasteiger partial charge in [-0.25, -0.2) is 0 Å². The van der Waals surface area contributed by atoms with Crippen molar-refractivity contribution in [3.63, 3.8) is 0 Å². The quantitative estimate of drug-likeness (QED) is 0.769. The van der Waals surface area contributed by atoms with Crippen LogP contribution in [0, 0.1) is 12.8 Å². The van der Waals surface area contributed by atoms with Crippen LogP contribution in [0.15, 0.2) is 29.9 Å². The summed E-state index contributed by atoms with van der Waals surface area (Å²) in [4.78, 5) is 0. The molecule has 0 fully saturated rings. The molecule has 0 aliphatic heterocycles. The van der Waals surface area contributed by atoms with Gasteiger partial charge in [0, 0.05) is 11.5 Å². The highest BCUT2D eigenvalue weighted by Crippen LogP contribution is 2.47. The molecule has 2 rings (SSSR count). The first-order chi connectivity index (χ1) is 9.86. The Morgan fingerprint density at radius 3 is 2.57 bits per heavy atom. The van der Waals surface area contributed by atoms with Gasteiger partial charge in [-0.05, 0) is 63.1 Å². The van der Waals surface area contributed by atoms with Gasteiger partial charge in [-0.2, -0.15) is 0 Å². The Morgan fingerprint density at radius 2 is 2.00 bits per heavy atom. The van der Waals surface area contributed by atoms with E-state index in [0.29, 0.717) is 5.56 Å². The first-order valence-electron chi connectivity index (χ1n) is 7.73. The second-order valence-corrected chi connectivity index (χ2v) is 6.33. The third-order valence-corrected chi connectivity index (χ3v) is 4.77. The fourth-order valence-electron chi connectivity index (χ4n) is 3.43. The Kier molecular flexibility index (Phi) is 4.46. The summed E-state index contributed by atoms with van der Waals surface area (Å²) in [6.45, 7) is 12.2. The minimum atomic E-state index is 0.0147. The fourth-order valence-corrected chi connectivity index (χ4v) is 3.43. The van der Waals surface area contributed by atoms with Crippen LogP contribution in [0.25, 0.3) is 0 Å². The molecule has 1 aliphatic rings. The summed E-state index contributed by atoms with van der Waals surface area (Å²) in [6, 6.07) is 1.80. The molecule has 2 atom stereocenters. The molecule has 114 valence electrons. The molecule has 0 heterocycles. The monoisotopic (exact) mass is 286 g/mol. The van der Waals surface area contributed by atoms with Crippen molar-refractivity contribution >= 4 is 0 Å². The third kappa shape index (κ3) is 2.85. The maximum Gasteiger partial charge on any atom is 0.126 e. The normalized spacial score (nSPS) is 22.0. The largest absolute Gasteiger partial charge is 0.507 e. The molecule has 0 amide bonds. The van der Waals surface area contributed by atoms with Crippen molar-refractivity contribution in [3.05, 3.63) is 46.6 Å². The van der Waals surface area contributed by atoms with Crippen molar-refractivity contribution in [1.82, 2.24) is 0 Å². The van der Waals surface area contributed by atoms with Crippen molar-refractivity contribution in [2.45, 2.75) is 52.9 Å². The van der Waals surface area contributed by atoms with Gasteiger partial charge < -0.3 is 10.2 Å². The molecule has 0 aromatic heterocycles. The lowest BCUT2D eigenvalue weighted by Gasteiger charge is -2.32. The Balaban J connectivity index is 2.61. The summed E-state index contributed by atoms with van der Waals surface area (Å²) in [5.74, 6) is 0.740. The van der Waals surface area contributed by atoms with Gasteiger partial charge in [-0.15, -0.1) is 0 Å². The predicted octanol–water partition coefficient (Wildman–Crippen LogP) is 4.98. The highest BCUT2D eigenvalue weighted by Gasteiger charge is 2.30. The summed E-state index contributed by atoms with van der Waals surface area (Å²) < 4.78 is 0. The summed E-state index contributed by atoms with van der Waals surface area (Å²) >= 11 is 0. The van der Waals surface area contributed by atoms with E-state index in [-0.39, 0.29) is 23.3 Å². The lowest BCUT2D eigenvalue weighted by atomic mass is 9.73. The van der Waals surface area contributed by atoms with Gasteiger partial charge in [0.05, 0.1) is 0 Å². The first kappa shape index (κ1) is 15.7. The van der Waals surface area contributed by atoms with Crippen LogP contribution in [0.5, 0.6) is 11.5 Å². The molecule has 0 spiro atoms. The molecule has 21 heavy (non-hydrogen) atoms. The molecule has 1 aromatic rings. The van der Waals surface area contributed by atoms with Crippen LogP contribution in [0.3, 0.4) is 0 Å². The van der Waals surface area contributed by atoms with E-state index in [0.717, 1.165) is 36.0 Å². The molecule has 0 unspecified atom stereocenters. The predicted molar refractivity (Wildman–Crippen MR) is 87.9 cm³/mol. The van der Waals surface area contributed by atoms with E-state index in [1.807, 2.05) is 20.8 Å².